The number of Topliss-reactive ketones (excluding diaryl/α,β-unsaturated/α-hetero) is 1. The molecule has 1 aliphatic rings. The Kier molecular flexibility index (Phi) is 4.99. The van der Waals surface area contributed by atoms with Crippen LogP contribution in [0.3, 0.4) is 0 Å². The Morgan fingerprint density at radius 3 is 2.58 bits per heavy atom. The second kappa shape index (κ2) is 6.53. The van der Waals surface area contributed by atoms with Crippen molar-refractivity contribution in [3.8, 4) is 0 Å². The van der Waals surface area contributed by atoms with Crippen LogP contribution in [0.5, 0.6) is 0 Å². The van der Waals surface area contributed by atoms with E-state index in [0.717, 1.165) is 31.4 Å². The molecule has 3 nitrogen and oxygen atoms in total. The van der Waals surface area contributed by atoms with Gasteiger partial charge in [-0.15, -0.1) is 11.6 Å². The third kappa shape index (κ3) is 3.00. The second-order valence-corrected chi connectivity index (χ2v) is 5.76. The Morgan fingerprint density at radius 2 is 1.84 bits per heavy atom. The molecule has 5 heteroatoms. The van der Waals surface area contributed by atoms with E-state index in [4.69, 9.17) is 11.6 Å². The van der Waals surface area contributed by atoms with Gasteiger partial charge in [0.15, 0.2) is 0 Å². The summed E-state index contributed by atoms with van der Waals surface area (Å²) in [5, 5.41) is 0. The zero-order valence-corrected chi connectivity index (χ0v) is 12.8. The van der Waals surface area contributed by atoms with Crippen LogP contribution in [-0.4, -0.2) is 24.1 Å². The number of unbranched alkanes of at least 4 members (excludes halogenated alkanes) is 3. The number of carbonyl (C=O) groups excluding carboxylic acids is 2. The highest BCUT2D eigenvalue weighted by Gasteiger charge is 2.36. The molecule has 1 amide bonds. The lowest BCUT2D eigenvalue weighted by molar-refractivity contribution is -0.114. The molecule has 1 aliphatic heterocycles. The van der Waals surface area contributed by atoms with Gasteiger partial charge in [0.25, 0.3) is 11.7 Å². The summed E-state index contributed by atoms with van der Waals surface area (Å²) in [7, 11) is 0. The van der Waals surface area contributed by atoms with E-state index in [1.165, 1.54) is 0 Å². The monoisotopic (exact) mass is 343 g/mol. The van der Waals surface area contributed by atoms with Crippen LogP contribution in [0.1, 0.15) is 36.0 Å². The average molecular weight is 345 g/mol. The normalized spacial score (nSPS) is 14.1. The van der Waals surface area contributed by atoms with Crippen molar-refractivity contribution in [2.24, 2.45) is 0 Å². The van der Waals surface area contributed by atoms with Crippen LogP contribution in [0.2, 0.25) is 0 Å². The van der Waals surface area contributed by atoms with E-state index in [0.29, 0.717) is 22.5 Å². The van der Waals surface area contributed by atoms with Crippen molar-refractivity contribution < 1.29 is 9.59 Å². The summed E-state index contributed by atoms with van der Waals surface area (Å²) in [5.74, 6) is -0.154. The molecule has 0 bridgehead atoms. The Bertz CT molecular complexity index is 504. The van der Waals surface area contributed by atoms with Gasteiger partial charge < -0.3 is 4.90 Å². The quantitative estimate of drug-likeness (QED) is 0.447. The summed E-state index contributed by atoms with van der Waals surface area (Å²) in [6, 6.07) is 5.45. The van der Waals surface area contributed by atoms with Crippen molar-refractivity contribution >= 4 is 44.9 Å². The molecule has 0 radical (unpaired) electrons. The number of hydrogen-bond acceptors (Lipinski definition) is 2. The maximum absolute atomic E-state index is 12.0. The third-order valence-corrected chi connectivity index (χ3v) is 4.14. The number of rotatable bonds is 6. The van der Waals surface area contributed by atoms with Crippen LogP contribution in [0.15, 0.2) is 22.7 Å². The maximum atomic E-state index is 12.0. The number of halogens is 2. The topological polar surface area (TPSA) is 37.4 Å². The molecule has 1 aromatic rings. The van der Waals surface area contributed by atoms with Gasteiger partial charge in [-0.05, 0) is 40.9 Å². The fourth-order valence-electron chi connectivity index (χ4n) is 2.24. The van der Waals surface area contributed by atoms with E-state index < -0.39 is 11.7 Å². The van der Waals surface area contributed by atoms with Gasteiger partial charge >= 0.3 is 0 Å². The summed E-state index contributed by atoms with van der Waals surface area (Å²) >= 11 is 8.95. The van der Waals surface area contributed by atoms with Crippen LogP contribution in [-0.2, 0) is 4.79 Å². The van der Waals surface area contributed by atoms with Crippen LogP contribution in [0, 0.1) is 0 Å². The molecular formula is C14H15BrClNO2. The summed E-state index contributed by atoms with van der Waals surface area (Å²) in [6.45, 7) is 0.594. The van der Waals surface area contributed by atoms with Gasteiger partial charge in [0.1, 0.15) is 0 Å². The zero-order chi connectivity index (χ0) is 13.8. The SMILES string of the molecule is O=C1C(=O)N(CCCCCCCl)c2cccc(Br)c21. The minimum absolute atomic E-state index is 0.414. The molecule has 0 spiro atoms. The molecular weight excluding hydrogens is 330 g/mol. The Balaban J connectivity index is 2.05. The number of anilines is 1. The summed E-state index contributed by atoms with van der Waals surface area (Å²) in [6.07, 6.45) is 3.97. The van der Waals surface area contributed by atoms with Gasteiger partial charge in [0.05, 0.1) is 11.3 Å². The molecule has 2 rings (SSSR count). The number of amides is 1. The van der Waals surface area contributed by atoms with Crippen molar-refractivity contribution in [1.29, 1.82) is 0 Å². The molecule has 0 fully saturated rings. The van der Waals surface area contributed by atoms with Gasteiger partial charge in [0, 0.05) is 16.9 Å². The molecule has 0 saturated heterocycles. The highest BCUT2D eigenvalue weighted by molar-refractivity contribution is 9.10. The Morgan fingerprint density at radius 1 is 1.11 bits per heavy atom. The first-order valence-electron chi connectivity index (χ1n) is 6.37. The van der Waals surface area contributed by atoms with E-state index in [1.54, 1.807) is 11.0 Å². The third-order valence-electron chi connectivity index (χ3n) is 3.21. The molecule has 1 heterocycles. The molecule has 0 aromatic heterocycles. The van der Waals surface area contributed by atoms with E-state index in [1.807, 2.05) is 12.1 Å². The van der Waals surface area contributed by atoms with Crippen molar-refractivity contribution in [3.05, 3.63) is 28.2 Å². The maximum Gasteiger partial charge on any atom is 0.299 e. The predicted molar refractivity (Wildman–Crippen MR) is 80.0 cm³/mol. The zero-order valence-electron chi connectivity index (χ0n) is 10.5. The molecule has 0 saturated carbocycles. The van der Waals surface area contributed by atoms with E-state index in [9.17, 15) is 9.59 Å². The molecule has 19 heavy (non-hydrogen) atoms. The first kappa shape index (κ1) is 14.5. The van der Waals surface area contributed by atoms with Gasteiger partial charge in [-0.2, -0.15) is 0 Å². The number of carbonyl (C=O) groups is 2. The molecule has 1 aromatic carbocycles. The minimum atomic E-state index is -0.417. The summed E-state index contributed by atoms with van der Waals surface area (Å²) in [4.78, 5) is 25.5. The molecule has 0 unspecified atom stereocenters. The summed E-state index contributed by atoms with van der Waals surface area (Å²) < 4.78 is 0.688. The Hall–Kier alpha value is -0.870. The van der Waals surface area contributed by atoms with E-state index in [2.05, 4.69) is 15.9 Å². The second-order valence-electron chi connectivity index (χ2n) is 4.52. The van der Waals surface area contributed by atoms with Gasteiger partial charge in [-0.3, -0.25) is 9.59 Å². The summed E-state index contributed by atoms with van der Waals surface area (Å²) in [5.41, 5.74) is 1.22. The number of ketones is 1. The van der Waals surface area contributed by atoms with Crippen LogP contribution < -0.4 is 4.90 Å². The first-order valence-corrected chi connectivity index (χ1v) is 7.70. The number of fused-ring (bicyclic) bond motifs is 1. The lowest BCUT2D eigenvalue weighted by Crippen LogP contribution is -2.30. The molecule has 102 valence electrons. The van der Waals surface area contributed by atoms with Crippen molar-refractivity contribution in [2.75, 3.05) is 17.3 Å². The lowest BCUT2D eigenvalue weighted by Gasteiger charge is -2.16. The van der Waals surface area contributed by atoms with Crippen molar-refractivity contribution in [3.63, 3.8) is 0 Å². The highest BCUT2D eigenvalue weighted by Crippen LogP contribution is 2.34. The fourth-order valence-corrected chi connectivity index (χ4v) is 2.97. The van der Waals surface area contributed by atoms with Crippen LogP contribution in [0.25, 0.3) is 0 Å². The van der Waals surface area contributed by atoms with Crippen LogP contribution in [0.4, 0.5) is 5.69 Å². The lowest BCUT2D eigenvalue weighted by atomic mass is 10.1. The molecule has 0 atom stereocenters. The number of hydrogen-bond donors (Lipinski definition) is 0. The fraction of sp³-hybridized carbons (Fsp3) is 0.429. The number of nitrogens with zero attached hydrogens (tertiary/aromatic N) is 1. The standard InChI is InChI=1S/C14H15BrClNO2/c15-10-6-5-7-11-12(10)13(18)14(19)17(11)9-4-2-1-3-8-16/h5-7H,1-4,8-9H2. The van der Waals surface area contributed by atoms with Gasteiger partial charge in [-0.25, -0.2) is 0 Å². The van der Waals surface area contributed by atoms with E-state index >= 15 is 0 Å². The highest BCUT2D eigenvalue weighted by atomic mass is 79.9. The minimum Gasteiger partial charge on any atom is -0.305 e. The van der Waals surface area contributed by atoms with Crippen LogP contribution >= 0.6 is 27.5 Å². The molecule has 0 aliphatic carbocycles. The molecule has 0 N–H and O–H groups in total. The van der Waals surface area contributed by atoms with E-state index in [-0.39, 0.29) is 0 Å². The van der Waals surface area contributed by atoms with Crippen molar-refractivity contribution in [2.45, 2.75) is 25.7 Å². The number of benzene rings is 1. The van der Waals surface area contributed by atoms with Gasteiger partial charge in [0.2, 0.25) is 0 Å². The van der Waals surface area contributed by atoms with Crippen molar-refractivity contribution in [1.82, 2.24) is 0 Å². The predicted octanol–water partition coefficient (Wildman–Crippen LogP) is 3.78. The first-order chi connectivity index (χ1) is 9.16. The smallest absolute Gasteiger partial charge is 0.299 e. The average Bonchev–Trinajstić information content (AvgIpc) is 2.64. The van der Waals surface area contributed by atoms with Gasteiger partial charge in [-0.1, -0.05) is 18.9 Å². The largest absolute Gasteiger partial charge is 0.305 e. The Labute approximate surface area is 126 Å². The number of alkyl halides is 1.